The summed E-state index contributed by atoms with van der Waals surface area (Å²) in [6.45, 7) is 12.6. The molecule has 0 aromatic rings. The molecular weight excluding hydrogens is 578 g/mol. The van der Waals surface area contributed by atoms with Crippen LogP contribution in [0.5, 0.6) is 0 Å². The summed E-state index contributed by atoms with van der Waals surface area (Å²) in [4.78, 5) is 26.5. The van der Waals surface area contributed by atoms with E-state index >= 15 is 0 Å². The first-order valence-corrected chi connectivity index (χ1v) is 24.4. The summed E-state index contributed by atoms with van der Waals surface area (Å²) >= 11 is -4.79. The van der Waals surface area contributed by atoms with Crippen molar-refractivity contribution >= 4 is 52.3 Å². The van der Waals surface area contributed by atoms with Gasteiger partial charge in [0.05, 0.1) is 0 Å². The minimum absolute atomic E-state index is 0.253. The average molecular weight is 626 g/mol. The summed E-state index contributed by atoms with van der Waals surface area (Å²) in [6, 6.07) is 0. The molecular formula is C23H48O4Sn2. The van der Waals surface area contributed by atoms with Crippen molar-refractivity contribution in [1.82, 2.24) is 0 Å². The molecule has 0 spiro atoms. The van der Waals surface area contributed by atoms with Crippen LogP contribution in [0.3, 0.4) is 0 Å². The topological polar surface area (TPSA) is 52.6 Å². The molecule has 4 nitrogen and oxygen atoms in total. The number of carbonyl (C=O) groups is 2. The van der Waals surface area contributed by atoms with Crippen molar-refractivity contribution in [1.29, 1.82) is 0 Å². The zero-order valence-corrected chi connectivity index (χ0v) is 26.8. The molecule has 0 unspecified atom stereocenters. The molecule has 0 N–H and O–H groups in total. The van der Waals surface area contributed by atoms with Gasteiger partial charge in [0.1, 0.15) is 0 Å². The molecule has 0 rings (SSSR count). The van der Waals surface area contributed by atoms with E-state index < -0.39 is 45.8 Å². The number of unbranched alkanes of at least 4 members (excludes halogenated alkanes) is 4. The van der Waals surface area contributed by atoms with Gasteiger partial charge >= 0.3 is 197 Å². The van der Waals surface area contributed by atoms with Crippen LogP contribution in [0.15, 0.2) is 0 Å². The van der Waals surface area contributed by atoms with Crippen LogP contribution in [0.4, 0.5) is 0 Å². The summed E-state index contributed by atoms with van der Waals surface area (Å²) in [5.41, 5.74) is -1.07. The van der Waals surface area contributed by atoms with Gasteiger partial charge in [-0.3, -0.25) is 0 Å². The van der Waals surface area contributed by atoms with Crippen LogP contribution in [-0.2, 0) is 15.7 Å². The maximum absolute atomic E-state index is 13.3. The molecule has 6 heteroatoms. The second-order valence-corrected chi connectivity index (χ2v) is 23.5. The number of carbonyl (C=O) groups excluding carboxylic acids is 2. The molecule has 0 heterocycles. The molecule has 0 aliphatic carbocycles. The Kier molecular flexibility index (Phi) is 18.5. The van der Waals surface area contributed by atoms with E-state index in [1.165, 1.54) is 0 Å². The Morgan fingerprint density at radius 1 is 0.586 bits per heavy atom. The predicted octanol–water partition coefficient (Wildman–Crippen LogP) is 6.53. The van der Waals surface area contributed by atoms with Crippen molar-refractivity contribution in [2.24, 2.45) is 5.41 Å². The van der Waals surface area contributed by atoms with E-state index in [9.17, 15) is 9.59 Å². The summed E-state index contributed by atoms with van der Waals surface area (Å²) in [7, 11) is 0. The van der Waals surface area contributed by atoms with Gasteiger partial charge in [-0.2, -0.15) is 0 Å². The van der Waals surface area contributed by atoms with Gasteiger partial charge in [-0.05, 0) is 0 Å². The fourth-order valence-corrected chi connectivity index (χ4v) is 19.6. The zero-order valence-electron chi connectivity index (χ0n) is 20.2. The molecule has 0 aromatic heterocycles. The molecule has 0 fully saturated rings. The standard InChI is InChI=1S/C7H12O4.4C4H9.2Sn.2H/c1-3-7(4-2,5(8)9)6(10)11;4*1-3-4-2;;;;/h3-4H2,1-2H3,(H,8,9)(H,10,11);4*1,3-4H2,2H3;;;;/q;;;;;2*+1;;/p-2. The van der Waals surface area contributed by atoms with Crippen molar-refractivity contribution in [3.05, 3.63) is 0 Å². The van der Waals surface area contributed by atoms with Gasteiger partial charge in [0.2, 0.25) is 0 Å². The molecule has 29 heavy (non-hydrogen) atoms. The fraction of sp³-hybridized carbons (Fsp3) is 0.913. The second kappa shape index (κ2) is 18.1. The molecule has 0 radical (unpaired) electrons. The van der Waals surface area contributed by atoms with E-state index in [-0.39, 0.29) is 11.9 Å². The van der Waals surface area contributed by atoms with Crippen LogP contribution in [0.25, 0.3) is 0 Å². The quantitative estimate of drug-likeness (QED) is 0.128. The predicted molar refractivity (Wildman–Crippen MR) is 128 cm³/mol. The normalized spacial score (nSPS) is 11.9. The monoisotopic (exact) mass is 628 g/mol. The zero-order chi connectivity index (χ0) is 22.1. The summed E-state index contributed by atoms with van der Waals surface area (Å²) < 4.78 is 16.7. The first-order chi connectivity index (χ1) is 13.9. The van der Waals surface area contributed by atoms with Crippen LogP contribution in [0, 0.1) is 5.41 Å². The van der Waals surface area contributed by atoms with Crippen molar-refractivity contribution in [2.45, 2.75) is 123 Å². The van der Waals surface area contributed by atoms with Crippen molar-refractivity contribution in [3.8, 4) is 0 Å². The molecule has 0 saturated heterocycles. The van der Waals surface area contributed by atoms with Crippen molar-refractivity contribution in [2.75, 3.05) is 0 Å². The molecule has 0 bridgehead atoms. The molecule has 0 amide bonds. The Balaban J connectivity index is 5.28. The van der Waals surface area contributed by atoms with Gasteiger partial charge in [-0.15, -0.1) is 0 Å². The Bertz CT molecular complexity index is 387. The van der Waals surface area contributed by atoms with E-state index in [2.05, 4.69) is 27.7 Å². The van der Waals surface area contributed by atoms with Gasteiger partial charge in [-0.25, -0.2) is 0 Å². The molecule has 0 atom stereocenters. The Hall–Kier alpha value is 0.537. The third-order valence-electron chi connectivity index (χ3n) is 6.05. The van der Waals surface area contributed by atoms with Gasteiger partial charge in [-0.1, -0.05) is 0 Å². The van der Waals surface area contributed by atoms with Gasteiger partial charge < -0.3 is 0 Å². The first kappa shape index (κ1) is 29.5. The van der Waals surface area contributed by atoms with Crippen LogP contribution >= 0.6 is 0 Å². The summed E-state index contributed by atoms with van der Waals surface area (Å²) in [6.07, 6.45) is 10.1. The van der Waals surface area contributed by atoms with Crippen LogP contribution in [0.2, 0.25) is 17.7 Å². The minimum atomic E-state index is -2.39. The van der Waals surface area contributed by atoms with Gasteiger partial charge in [0.25, 0.3) is 0 Å². The molecule has 0 saturated carbocycles. The number of hydrogen-bond donors (Lipinski definition) is 0. The van der Waals surface area contributed by atoms with E-state index in [1.54, 1.807) is 0 Å². The Morgan fingerprint density at radius 3 is 1.07 bits per heavy atom. The SMILES string of the molecule is CCC[CH2][SnH]([CH2]CCC)[O]C(=O)C(CC)(CC)C(=O)[O][SnH]([CH2]CCC)[CH2]CCC. The molecule has 0 aliphatic heterocycles. The molecule has 172 valence electrons. The number of hydrogen-bond acceptors (Lipinski definition) is 4. The molecule has 0 aromatic carbocycles. The summed E-state index contributed by atoms with van der Waals surface area (Å²) in [5.74, 6) is -0.506. The van der Waals surface area contributed by atoms with Gasteiger partial charge in [0.15, 0.2) is 0 Å². The Morgan fingerprint density at radius 2 is 0.862 bits per heavy atom. The first-order valence-electron chi connectivity index (χ1n) is 12.4. The maximum atomic E-state index is 13.3. The van der Waals surface area contributed by atoms with Crippen LogP contribution in [0.1, 0.15) is 106 Å². The van der Waals surface area contributed by atoms with Crippen LogP contribution in [-0.4, -0.2) is 52.3 Å². The Labute approximate surface area is 195 Å². The fourth-order valence-electron chi connectivity index (χ4n) is 3.69. The second-order valence-electron chi connectivity index (χ2n) is 8.41. The van der Waals surface area contributed by atoms with E-state index in [0.29, 0.717) is 12.8 Å². The molecule has 0 aliphatic rings. The van der Waals surface area contributed by atoms with Gasteiger partial charge in [0, 0.05) is 0 Å². The van der Waals surface area contributed by atoms with Crippen molar-refractivity contribution < 1.29 is 15.7 Å². The van der Waals surface area contributed by atoms with Crippen LogP contribution < -0.4 is 0 Å². The van der Waals surface area contributed by atoms with E-state index in [0.717, 1.165) is 69.1 Å². The average Bonchev–Trinajstić information content (AvgIpc) is 2.73. The summed E-state index contributed by atoms with van der Waals surface area (Å²) in [5, 5.41) is 0. The van der Waals surface area contributed by atoms with E-state index in [4.69, 9.17) is 6.15 Å². The number of rotatable bonds is 18. The third-order valence-corrected chi connectivity index (χ3v) is 21.2. The third kappa shape index (κ3) is 11.1. The van der Waals surface area contributed by atoms with Crippen molar-refractivity contribution in [3.63, 3.8) is 0 Å². The van der Waals surface area contributed by atoms with E-state index in [1.807, 2.05) is 13.8 Å².